The van der Waals surface area contributed by atoms with Gasteiger partial charge in [-0.05, 0) is 56.6 Å². The van der Waals surface area contributed by atoms with Gasteiger partial charge in [0.25, 0.3) is 11.8 Å². The summed E-state index contributed by atoms with van der Waals surface area (Å²) in [5.41, 5.74) is 2.33. The molecule has 1 aromatic carbocycles. The molecule has 3 saturated heterocycles. The first kappa shape index (κ1) is 27.4. The van der Waals surface area contributed by atoms with Crippen molar-refractivity contribution in [3.05, 3.63) is 71.3 Å². The molecule has 7 heterocycles. The Labute approximate surface area is 249 Å². The molecule has 4 aliphatic rings. The Morgan fingerprint density at radius 3 is 2.53 bits per heavy atom. The van der Waals surface area contributed by atoms with Gasteiger partial charge in [0, 0.05) is 23.6 Å². The second-order valence-electron chi connectivity index (χ2n) is 12.3. The molecule has 0 saturated carbocycles. The number of anilines is 3. The number of aliphatic hydroxyl groups is 1. The van der Waals surface area contributed by atoms with Gasteiger partial charge in [-0.2, -0.15) is 9.97 Å². The number of rotatable bonds is 8. The van der Waals surface area contributed by atoms with Gasteiger partial charge in [0.1, 0.15) is 17.2 Å². The number of hydrogen-bond acceptors (Lipinski definition) is 11. The number of hydrogen-bond donors (Lipinski definition) is 4. The first-order valence-corrected chi connectivity index (χ1v) is 14.8. The van der Waals surface area contributed by atoms with Gasteiger partial charge in [-0.25, -0.2) is 9.97 Å². The first-order valence-electron chi connectivity index (χ1n) is 14.8. The number of aliphatic hydroxyl groups excluding tert-OH is 1. The molecule has 0 radical (unpaired) electrons. The maximum atomic E-state index is 12.4. The summed E-state index contributed by atoms with van der Waals surface area (Å²) < 4.78 is 5.84. The van der Waals surface area contributed by atoms with Crippen molar-refractivity contribution in [2.75, 3.05) is 43.4 Å². The van der Waals surface area contributed by atoms with Crippen molar-refractivity contribution in [3.8, 4) is 11.5 Å². The molecule has 2 bridgehead atoms. The molecule has 4 aliphatic heterocycles. The predicted octanol–water partition coefficient (Wildman–Crippen LogP) is 3.57. The van der Waals surface area contributed by atoms with Gasteiger partial charge in [-0.1, -0.05) is 49.3 Å². The van der Waals surface area contributed by atoms with Gasteiger partial charge in [0.15, 0.2) is 5.82 Å². The van der Waals surface area contributed by atoms with Crippen LogP contribution >= 0.6 is 0 Å². The molecule has 12 heteroatoms. The van der Waals surface area contributed by atoms with E-state index in [1.54, 1.807) is 18.3 Å². The molecule has 0 unspecified atom stereocenters. The molecule has 1 amide bonds. The molecule has 8 rings (SSSR count). The number of aromatic nitrogens is 5. The Morgan fingerprint density at radius 1 is 1.02 bits per heavy atom. The van der Waals surface area contributed by atoms with Crippen molar-refractivity contribution in [1.29, 1.82) is 0 Å². The highest BCUT2D eigenvalue weighted by Gasteiger charge is 2.44. The van der Waals surface area contributed by atoms with Gasteiger partial charge in [-0.3, -0.25) is 4.79 Å². The minimum absolute atomic E-state index is 0.0626. The van der Waals surface area contributed by atoms with Gasteiger partial charge in [-0.15, -0.1) is 0 Å². The predicted molar refractivity (Wildman–Crippen MR) is 160 cm³/mol. The highest BCUT2D eigenvalue weighted by Crippen LogP contribution is 2.42. The van der Waals surface area contributed by atoms with E-state index in [-0.39, 0.29) is 23.3 Å². The van der Waals surface area contributed by atoms with E-state index in [0.29, 0.717) is 46.8 Å². The number of nitrogens with zero attached hydrogens (tertiary/aromatic N) is 6. The van der Waals surface area contributed by atoms with E-state index in [9.17, 15) is 9.90 Å². The SMILES string of the molecule is CC1(C)CNC(=O)c2ccc(Nc3ncc(-c4nc(C56CCN(CC5)CC6)no4)c(N[C@H](CO)c4ccccc4)n3)nc21. The number of pyridine rings is 1. The van der Waals surface area contributed by atoms with E-state index in [1.165, 1.54) is 0 Å². The Morgan fingerprint density at radius 2 is 1.79 bits per heavy atom. The van der Waals surface area contributed by atoms with E-state index in [0.717, 1.165) is 50.3 Å². The highest BCUT2D eigenvalue weighted by molar-refractivity contribution is 5.97. The van der Waals surface area contributed by atoms with Crippen LogP contribution in [0.25, 0.3) is 11.5 Å². The van der Waals surface area contributed by atoms with Crippen molar-refractivity contribution >= 4 is 23.5 Å². The van der Waals surface area contributed by atoms with E-state index in [4.69, 9.17) is 19.5 Å². The van der Waals surface area contributed by atoms with Gasteiger partial charge >= 0.3 is 0 Å². The summed E-state index contributed by atoms with van der Waals surface area (Å²) in [6.45, 7) is 7.58. The van der Waals surface area contributed by atoms with Crippen LogP contribution in [-0.4, -0.2) is 73.8 Å². The van der Waals surface area contributed by atoms with E-state index in [1.807, 2.05) is 44.2 Å². The number of piperidine rings is 3. The number of fused-ring (bicyclic) bond motifs is 4. The molecule has 4 aromatic rings. The van der Waals surface area contributed by atoms with Crippen LogP contribution in [0.3, 0.4) is 0 Å². The van der Waals surface area contributed by atoms with E-state index in [2.05, 4.69) is 31.0 Å². The number of benzene rings is 1. The molecular formula is C31H35N9O3. The van der Waals surface area contributed by atoms with Gasteiger partial charge in [0.2, 0.25) is 5.95 Å². The lowest BCUT2D eigenvalue weighted by atomic mass is 9.71. The van der Waals surface area contributed by atoms with Crippen LogP contribution in [-0.2, 0) is 10.8 Å². The zero-order chi connectivity index (χ0) is 29.6. The zero-order valence-electron chi connectivity index (χ0n) is 24.3. The smallest absolute Gasteiger partial charge is 0.263 e. The van der Waals surface area contributed by atoms with Crippen molar-refractivity contribution in [1.82, 2.24) is 35.3 Å². The minimum Gasteiger partial charge on any atom is -0.394 e. The molecule has 3 aromatic heterocycles. The molecule has 222 valence electrons. The molecule has 1 atom stereocenters. The molecule has 43 heavy (non-hydrogen) atoms. The Hall–Kier alpha value is -4.42. The summed E-state index contributed by atoms with van der Waals surface area (Å²) >= 11 is 0. The number of carbonyl (C=O) groups is 1. The lowest BCUT2D eigenvalue weighted by molar-refractivity contribution is 0.0747. The standard InChI is InChI=1S/C31H35N9O3/c1-30(2)18-33-26(42)20-8-9-23(35-24(20)30)36-29-32-16-21(25(37-29)34-22(17-41)19-6-4-3-5-7-19)27-38-28(39-43-27)31-10-13-40(14-11-31)15-12-31/h3-9,16,22,41H,10-15,17-18H2,1-2H3,(H,33,42)(H2,32,34,35,36,37)/t22-/m1/s1. The van der Waals surface area contributed by atoms with Gasteiger partial charge < -0.3 is 30.5 Å². The van der Waals surface area contributed by atoms with Crippen LogP contribution < -0.4 is 16.0 Å². The fourth-order valence-corrected chi connectivity index (χ4v) is 6.33. The zero-order valence-corrected chi connectivity index (χ0v) is 24.3. The molecule has 0 spiro atoms. The highest BCUT2D eigenvalue weighted by atomic mass is 16.5. The average molecular weight is 582 g/mol. The van der Waals surface area contributed by atoms with E-state index >= 15 is 0 Å². The summed E-state index contributed by atoms with van der Waals surface area (Å²) in [5.74, 6) is 2.18. The molecular weight excluding hydrogens is 546 g/mol. The maximum absolute atomic E-state index is 12.4. The van der Waals surface area contributed by atoms with Gasteiger partial charge in [0.05, 0.1) is 23.9 Å². The van der Waals surface area contributed by atoms with Crippen LogP contribution in [0.1, 0.15) is 66.6 Å². The minimum atomic E-state index is -0.437. The Balaban J connectivity index is 1.23. The summed E-state index contributed by atoms with van der Waals surface area (Å²) in [5, 5.41) is 24.2. The lowest BCUT2D eigenvalue weighted by Gasteiger charge is -2.46. The van der Waals surface area contributed by atoms with Crippen LogP contribution in [0, 0.1) is 0 Å². The number of nitrogens with one attached hydrogen (secondary N) is 3. The first-order chi connectivity index (χ1) is 20.8. The Bertz CT molecular complexity index is 1630. The second-order valence-corrected chi connectivity index (χ2v) is 12.3. The molecule has 0 aliphatic carbocycles. The number of amides is 1. The quantitative estimate of drug-likeness (QED) is 0.241. The summed E-state index contributed by atoms with van der Waals surface area (Å²) in [7, 11) is 0. The molecule has 3 fully saturated rings. The normalized spacial score (nSPS) is 22.9. The van der Waals surface area contributed by atoms with Crippen LogP contribution in [0.5, 0.6) is 0 Å². The molecule has 4 N–H and O–H groups in total. The fraction of sp³-hybridized carbons (Fsp3) is 0.419. The fourth-order valence-electron chi connectivity index (χ4n) is 6.33. The third-order valence-electron chi connectivity index (χ3n) is 9.05. The lowest BCUT2D eigenvalue weighted by Crippen LogP contribution is -2.51. The van der Waals surface area contributed by atoms with Crippen molar-refractivity contribution in [3.63, 3.8) is 0 Å². The summed E-state index contributed by atoms with van der Waals surface area (Å²) in [4.78, 5) is 33.9. The van der Waals surface area contributed by atoms with Crippen molar-refractivity contribution in [2.45, 2.75) is 50.0 Å². The average Bonchev–Trinajstić information content (AvgIpc) is 3.55. The van der Waals surface area contributed by atoms with Crippen molar-refractivity contribution < 1.29 is 14.4 Å². The number of carbonyl (C=O) groups excluding carboxylic acids is 1. The summed E-state index contributed by atoms with van der Waals surface area (Å²) in [6.07, 6.45) is 4.70. The third kappa shape index (κ3) is 5.10. The van der Waals surface area contributed by atoms with Crippen molar-refractivity contribution in [2.24, 2.45) is 0 Å². The van der Waals surface area contributed by atoms with Crippen LogP contribution in [0.15, 0.2) is 53.2 Å². The second kappa shape index (κ2) is 10.7. The largest absolute Gasteiger partial charge is 0.394 e. The summed E-state index contributed by atoms with van der Waals surface area (Å²) in [6, 6.07) is 12.7. The topological polar surface area (TPSA) is 154 Å². The molecule has 12 nitrogen and oxygen atoms in total. The Kier molecular flexibility index (Phi) is 6.82. The third-order valence-corrected chi connectivity index (χ3v) is 9.05. The maximum Gasteiger partial charge on any atom is 0.263 e. The monoisotopic (exact) mass is 581 g/mol. The van der Waals surface area contributed by atoms with Crippen LogP contribution in [0.2, 0.25) is 0 Å². The van der Waals surface area contributed by atoms with E-state index < -0.39 is 6.04 Å². The van der Waals surface area contributed by atoms with Crippen LogP contribution in [0.4, 0.5) is 17.6 Å².